The van der Waals surface area contributed by atoms with Crippen LogP contribution in [0.3, 0.4) is 0 Å². The topological polar surface area (TPSA) is 132 Å². The second-order valence-electron chi connectivity index (χ2n) is 15.4. The first-order valence-corrected chi connectivity index (χ1v) is 24.3. The number of hydrogen-bond donors (Lipinski definition) is 3. The molecule has 0 spiro atoms. The first-order chi connectivity index (χ1) is 26.8. The maximum absolute atomic E-state index is 12.6. The van der Waals surface area contributed by atoms with Gasteiger partial charge in [-0.25, -0.2) is 4.57 Å². The summed E-state index contributed by atoms with van der Waals surface area (Å²) in [6.07, 6.45) is 44.2. The van der Waals surface area contributed by atoms with Crippen molar-refractivity contribution in [2.45, 2.75) is 225 Å². The normalized spacial score (nSPS) is 14.2. The van der Waals surface area contributed by atoms with Crippen molar-refractivity contribution in [1.29, 1.82) is 0 Å². The van der Waals surface area contributed by atoms with Gasteiger partial charge in [-0.1, -0.05) is 186 Å². The SMILES string of the molecule is CCCCC/C=C\C/C=C\CCCCCCCCOCC(COP(=O)(O)OCC(O)CO)OC(=O)CCCCCCCCCCCCCCCCCCCC. The van der Waals surface area contributed by atoms with Gasteiger partial charge in [-0.15, -0.1) is 0 Å². The molecule has 0 amide bonds. The fourth-order valence-corrected chi connectivity index (χ4v) is 7.18. The zero-order chi connectivity index (χ0) is 40.3. The van der Waals surface area contributed by atoms with Crippen LogP contribution in [0.5, 0.6) is 0 Å². The summed E-state index contributed by atoms with van der Waals surface area (Å²) >= 11 is 0. The highest BCUT2D eigenvalue weighted by Gasteiger charge is 2.26. The average molecular weight is 803 g/mol. The molecule has 9 nitrogen and oxygen atoms in total. The molecule has 0 aromatic rings. The van der Waals surface area contributed by atoms with Crippen molar-refractivity contribution in [1.82, 2.24) is 0 Å². The minimum atomic E-state index is -4.52. The Morgan fingerprint density at radius 2 is 0.982 bits per heavy atom. The number of ether oxygens (including phenoxy) is 2. The molecule has 10 heteroatoms. The maximum Gasteiger partial charge on any atom is 0.472 e. The van der Waals surface area contributed by atoms with Crippen molar-refractivity contribution in [3.63, 3.8) is 0 Å². The molecule has 0 aromatic heterocycles. The van der Waals surface area contributed by atoms with E-state index in [9.17, 15) is 19.4 Å². The second-order valence-corrected chi connectivity index (χ2v) is 16.9. The lowest BCUT2D eigenvalue weighted by molar-refractivity contribution is -0.154. The van der Waals surface area contributed by atoms with Gasteiger partial charge in [-0.05, 0) is 44.9 Å². The fourth-order valence-electron chi connectivity index (χ4n) is 6.39. The molecule has 0 saturated carbocycles. The van der Waals surface area contributed by atoms with E-state index in [2.05, 4.69) is 38.2 Å². The molecule has 3 atom stereocenters. The molecule has 3 unspecified atom stereocenters. The summed E-state index contributed by atoms with van der Waals surface area (Å²) in [5.74, 6) is -0.383. The third-order valence-corrected chi connectivity index (χ3v) is 10.8. The highest BCUT2D eigenvalue weighted by molar-refractivity contribution is 7.47. The van der Waals surface area contributed by atoms with E-state index in [0.29, 0.717) is 6.61 Å². The molecular formula is C45H87O9P. The summed E-state index contributed by atoms with van der Waals surface area (Å²) < 4.78 is 33.4. The van der Waals surface area contributed by atoms with Gasteiger partial charge < -0.3 is 24.6 Å². The van der Waals surface area contributed by atoms with Crippen molar-refractivity contribution in [3.05, 3.63) is 24.3 Å². The molecule has 0 saturated heterocycles. The Hall–Kier alpha value is -1.06. The van der Waals surface area contributed by atoms with Gasteiger partial charge in [0.2, 0.25) is 0 Å². The monoisotopic (exact) mass is 803 g/mol. The number of phosphoric acid groups is 1. The van der Waals surface area contributed by atoms with Crippen molar-refractivity contribution in [2.24, 2.45) is 0 Å². The Kier molecular flexibility index (Phi) is 41.7. The Bertz CT molecular complexity index is 913. The summed E-state index contributed by atoms with van der Waals surface area (Å²) in [7, 11) is -4.52. The van der Waals surface area contributed by atoms with Crippen LogP contribution >= 0.6 is 7.82 Å². The number of unbranched alkanes of at least 4 members (excludes halogenated alkanes) is 26. The lowest BCUT2D eigenvalue weighted by atomic mass is 10.0. The van der Waals surface area contributed by atoms with Gasteiger partial charge in [-0.3, -0.25) is 13.8 Å². The predicted molar refractivity (Wildman–Crippen MR) is 228 cm³/mol. The number of phosphoric ester groups is 1. The largest absolute Gasteiger partial charge is 0.472 e. The molecule has 0 bridgehead atoms. The minimum absolute atomic E-state index is 0.0460. The summed E-state index contributed by atoms with van der Waals surface area (Å²) in [5.41, 5.74) is 0. The van der Waals surface area contributed by atoms with Crippen molar-refractivity contribution in [2.75, 3.05) is 33.0 Å². The van der Waals surface area contributed by atoms with Gasteiger partial charge >= 0.3 is 13.8 Å². The molecule has 0 aliphatic rings. The van der Waals surface area contributed by atoms with Crippen molar-refractivity contribution < 1.29 is 43.0 Å². The third-order valence-electron chi connectivity index (χ3n) is 9.89. The quantitative estimate of drug-likeness (QED) is 0.0238. The first kappa shape index (κ1) is 53.9. The molecule has 0 aliphatic heterocycles. The zero-order valence-electron chi connectivity index (χ0n) is 35.7. The van der Waals surface area contributed by atoms with Gasteiger partial charge in [0.15, 0.2) is 0 Å². The van der Waals surface area contributed by atoms with Crippen LogP contribution in [0.1, 0.15) is 213 Å². The van der Waals surface area contributed by atoms with Crippen LogP contribution in [-0.4, -0.2) is 66.3 Å². The number of carbonyl (C=O) groups excluding carboxylic acids is 1. The van der Waals surface area contributed by atoms with Gasteiger partial charge in [0.05, 0.1) is 26.4 Å². The minimum Gasteiger partial charge on any atom is -0.457 e. The molecular weight excluding hydrogens is 715 g/mol. The summed E-state index contributed by atoms with van der Waals surface area (Å²) in [6, 6.07) is 0. The number of allylic oxidation sites excluding steroid dienone is 4. The molecule has 0 heterocycles. The fraction of sp³-hybridized carbons (Fsp3) is 0.889. The molecule has 0 rings (SSSR count). The number of esters is 1. The standard InChI is InChI=1S/C45H87O9P/c1-3-5-7-9-11-13-15-17-19-21-22-23-25-27-29-31-33-35-37-45(48)54-44(42-53-55(49,50)52-40-43(47)39-46)41-51-38-36-34-32-30-28-26-24-20-18-16-14-12-10-8-6-4-2/h12,14,18,20,43-44,46-47H,3-11,13,15-17,19,21-42H2,1-2H3,(H,49,50)/b14-12-,20-18-. The number of hydrogen-bond acceptors (Lipinski definition) is 8. The van der Waals surface area contributed by atoms with Crippen LogP contribution in [0.25, 0.3) is 0 Å². The maximum atomic E-state index is 12.6. The van der Waals surface area contributed by atoms with Crippen LogP contribution in [0, 0.1) is 0 Å². The second kappa shape index (κ2) is 42.5. The van der Waals surface area contributed by atoms with E-state index in [4.69, 9.17) is 23.6 Å². The summed E-state index contributed by atoms with van der Waals surface area (Å²) in [4.78, 5) is 22.6. The molecule has 326 valence electrons. The molecule has 3 N–H and O–H groups in total. The van der Waals surface area contributed by atoms with Gasteiger partial charge in [0.25, 0.3) is 0 Å². The van der Waals surface area contributed by atoms with E-state index in [0.717, 1.165) is 51.4 Å². The van der Waals surface area contributed by atoms with Gasteiger partial charge in [0, 0.05) is 13.0 Å². The van der Waals surface area contributed by atoms with Crippen LogP contribution in [-0.2, 0) is 27.9 Å². The van der Waals surface area contributed by atoms with Crippen molar-refractivity contribution >= 4 is 13.8 Å². The first-order valence-electron chi connectivity index (χ1n) is 22.8. The lowest BCUT2D eigenvalue weighted by Crippen LogP contribution is -2.29. The van der Waals surface area contributed by atoms with E-state index >= 15 is 0 Å². The van der Waals surface area contributed by atoms with E-state index in [1.54, 1.807) is 0 Å². The molecule has 55 heavy (non-hydrogen) atoms. The van der Waals surface area contributed by atoms with E-state index in [-0.39, 0.29) is 25.6 Å². The van der Waals surface area contributed by atoms with Crippen LogP contribution < -0.4 is 0 Å². The molecule has 0 aromatic carbocycles. The van der Waals surface area contributed by atoms with E-state index in [1.807, 2.05) is 0 Å². The highest BCUT2D eigenvalue weighted by Crippen LogP contribution is 2.43. The number of carbonyl (C=O) groups is 1. The van der Waals surface area contributed by atoms with Gasteiger partial charge in [-0.2, -0.15) is 0 Å². The number of aliphatic hydroxyl groups excluding tert-OH is 2. The average Bonchev–Trinajstić information content (AvgIpc) is 3.18. The van der Waals surface area contributed by atoms with Crippen LogP contribution in [0.2, 0.25) is 0 Å². The number of aliphatic hydroxyl groups is 2. The Morgan fingerprint density at radius 3 is 1.49 bits per heavy atom. The Morgan fingerprint density at radius 1 is 0.564 bits per heavy atom. The van der Waals surface area contributed by atoms with E-state index in [1.165, 1.54) is 141 Å². The Labute approximate surface area is 338 Å². The smallest absolute Gasteiger partial charge is 0.457 e. The summed E-state index contributed by atoms with van der Waals surface area (Å²) in [6.45, 7) is 3.50. The molecule has 0 radical (unpaired) electrons. The Balaban J connectivity index is 4.13. The molecule has 0 aliphatic carbocycles. The highest BCUT2D eigenvalue weighted by atomic mass is 31.2. The zero-order valence-corrected chi connectivity index (χ0v) is 36.6. The predicted octanol–water partition coefficient (Wildman–Crippen LogP) is 12.6. The van der Waals surface area contributed by atoms with E-state index < -0.39 is 33.2 Å². The van der Waals surface area contributed by atoms with Crippen LogP contribution in [0.4, 0.5) is 0 Å². The summed E-state index contributed by atoms with van der Waals surface area (Å²) in [5, 5.41) is 18.4. The van der Waals surface area contributed by atoms with Gasteiger partial charge in [0.1, 0.15) is 12.2 Å². The molecule has 0 fully saturated rings. The van der Waals surface area contributed by atoms with Crippen LogP contribution in [0.15, 0.2) is 24.3 Å². The third kappa shape index (κ3) is 42.4. The van der Waals surface area contributed by atoms with Crippen molar-refractivity contribution in [3.8, 4) is 0 Å². The number of rotatable bonds is 44. The lowest BCUT2D eigenvalue weighted by Gasteiger charge is -2.20.